The van der Waals surface area contributed by atoms with E-state index in [0.717, 1.165) is 5.76 Å². The third-order valence-electron chi connectivity index (χ3n) is 4.03. The molecule has 0 spiro atoms. The summed E-state index contributed by atoms with van der Waals surface area (Å²) in [6.07, 6.45) is 7.83. The fourth-order valence-electron chi connectivity index (χ4n) is 2.73. The summed E-state index contributed by atoms with van der Waals surface area (Å²) in [4.78, 5) is 12.2. The number of allylic oxidation sites excluding steroid dienone is 2. The molecule has 3 heteroatoms. The average molecular weight is 286 g/mol. The summed E-state index contributed by atoms with van der Waals surface area (Å²) in [5, 5.41) is 0. The SMILES string of the molecule is C#CCc1ccc(COC(=O)[C@H]2[C@@H](C=C(C)C)C2(C)C)o1. The first-order chi connectivity index (χ1) is 9.86. The minimum atomic E-state index is -0.155. The van der Waals surface area contributed by atoms with Crippen LogP contribution in [0, 0.1) is 29.6 Å². The van der Waals surface area contributed by atoms with Crippen molar-refractivity contribution in [3.63, 3.8) is 0 Å². The van der Waals surface area contributed by atoms with Crippen LogP contribution in [0.1, 0.15) is 39.2 Å². The largest absolute Gasteiger partial charge is 0.461 e. The van der Waals surface area contributed by atoms with Crippen LogP contribution in [0.5, 0.6) is 0 Å². The van der Waals surface area contributed by atoms with Gasteiger partial charge in [-0.25, -0.2) is 0 Å². The average Bonchev–Trinajstić information content (AvgIpc) is 2.75. The molecular formula is C18H22O3. The summed E-state index contributed by atoms with van der Waals surface area (Å²) in [6, 6.07) is 3.61. The zero-order chi connectivity index (χ0) is 15.6. The second kappa shape index (κ2) is 5.81. The molecule has 0 radical (unpaired) electrons. The van der Waals surface area contributed by atoms with Crippen LogP contribution in [0.25, 0.3) is 0 Å². The van der Waals surface area contributed by atoms with Gasteiger partial charge in [0.15, 0.2) is 0 Å². The summed E-state index contributed by atoms with van der Waals surface area (Å²) in [5.41, 5.74) is 1.21. The van der Waals surface area contributed by atoms with E-state index >= 15 is 0 Å². The van der Waals surface area contributed by atoms with Gasteiger partial charge >= 0.3 is 5.97 Å². The van der Waals surface area contributed by atoms with E-state index in [1.165, 1.54) is 5.57 Å². The molecule has 0 aliphatic heterocycles. The monoisotopic (exact) mass is 286 g/mol. The molecule has 0 aromatic carbocycles. The van der Waals surface area contributed by atoms with Gasteiger partial charge in [0, 0.05) is 0 Å². The van der Waals surface area contributed by atoms with E-state index in [0.29, 0.717) is 12.2 Å². The van der Waals surface area contributed by atoms with E-state index in [2.05, 4.69) is 25.8 Å². The van der Waals surface area contributed by atoms with Gasteiger partial charge in [0.25, 0.3) is 0 Å². The number of ether oxygens (including phenoxy) is 1. The highest BCUT2D eigenvalue weighted by molar-refractivity contribution is 5.78. The summed E-state index contributed by atoms with van der Waals surface area (Å²) in [6.45, 7) is 8.46. The molecule has 3 nitrogen and oxygen atoms in total. The Morgan fingerprint density at radius 2 is 2.10 bits per heavy atom. The molecule has 1 aliphatic carbocycles. The van der Waals surface area contributed by atoms with Gasteiger partial charge in [-0.05, 0) is 37.3 Å². The first-order valence-corrected chi connectivity index (χ1v) is 7.19. The maximum Gasteiger partial charge on any atom is 0.310 e. The van der Waals surface area contributed by atoms with Crippen LogP contribution < -0.4 is 0 Å². The van der Waals surface area contributed by atoms with Gasteiger partial charge < -0.3 is 9.15 Å². The first-order valence-electron chi connectivity index (χ1n) is 7.19. The highest BCUT2D eigenvalue weighted by Crippen LogP contribution is 2.59. The maximum absolute atomic E-state index is 12.2. The fourth-order valence-corrected chi connectivity index (χ4v) is 2.73. The normalized spacial score (nSPS) is 22.2. The second-order valence-electron chi connectivity index (χ2n) is 6.43. The topological polar surface area (TPSA) is 39.4 Å². The Morgan fingerprint density at radius 1 is 1.43 bits per heavy atom. The molecule has 0 bridgehead atoms. The van der Waals surface area contributed by atoms with Gasteiger partial charge in [0.05, 0.1) is 12.3 Å². The van der Waals surface area contributed by atoms with Gasteiger partial charge in [-0.15, -0.1) is 6.42 Å². The number of carbonyl (C=O) groups excluding carboxylic acids is 1. The van der Waals surface area contributed by atoms with Crippen molar-refractivity contribution in [1.29, 1.82) is 0 Å². The molecule has 1 fully saturated rings. The van der Waals surface area contributed by atoms with Crippen molar-refractivity contribution in [2.24, 2.45) is 17.3 Å². The zero-order valence-electron chi connectivity index (χ0n) is 13.1. The molecule has 112 valence electrons. The highest BCUT2D eigenvalue weighted by Gasteiger charge is 2.61. The molecule has 1 saturated carbocycles. The fraction of sp³-hybridized carbons (Fsp3) is 0.500. The van der Waals surface area contributed by atoms with Crippen molar-refractivity contribution in [2.45, 2.75) is 40.7 Å². The molecule has 2 rings (SSSR count). The Balaban J connectivity index is 1.91. The molecule has 0 saturated heterocycles. The molecule has 0 amide bonds. The van der Waals surface area contributed by atoms with Crippen LogP contribution >= 0.6 is 0 Å². The Labute approximate surface area is 126 Å². The molecule has 1 aromatic heterocycles. The summed E-state index contributed by atoms with van der Waals surface area (Å²) in [5.74, 6) is 3.92. The Bertz CT molecular complexity index is 594. The van der Waals surface area contributed by atoms with Crippen LogP contribution in [-0.4, -0.2) is 5.97 Å². The third-order valence-corrected chi connectivity index (χ3v) is 4.03. The number of hydrogen-bond acceptors (Lipinski definition) is 3. The summed E-state index contributed by atoms with van der Waals surface area (Å²) >= 11 is 0. The van der Waals surface area contributed by atoms with Crippen molar-refractivity contribution in [3.05, 3.63) is 35.3 Å². The number of carbonyl (C=O) groups is 1. The molecule has 0 N–H and O–H groups in total. The van der Waals surface area contributed by atoms with E-state index < -0.39 is 0 Å². The summed E-state index contributed by atoms with van der Waals surface area (Å²) in [7, 11) is 0. The molecule has 21 heavy (non-hydrogen) atoms. The number of hydrogen-bond donors (Lipinski definition) is 0. The zero-order valence-corrected chi connectivity index (χ0v) is 13.1. The minimum Gasteiger partial charge on any atom is -0.461 e. The lowest BCUT2D eigenvalue weighted by molar-refractivity contribution is -0.148. The van der Waals surface area contributed by atoms with E-state index in [-0.39, 0.29) is 29.8 Å². The van der Waals surface area contributed by atoms with E-state index in [1.807, 2.05) is 19.9 Å². The quantitative estimate of drug-likeness (QED) is 0.470. The number of furan rings is 1. The van der Waals surface area contributed by atoms with Gasteiger partial charge in [0.2, 0.25) is 0 Å². The second-order valence-corrected chi connectivity index (χ2v) is 6.43. The van der Waals surface area contributed by atoms with Crippen LogP contribution in [-0.2, 0) is 22.6 Å². The standard InChI is InChI=1S/C18H22O3/c1-6-7-13-8-9-14(21-13)11-20-17(19)16-15(10-12(2)3)18(16,4)5/h1,8-10,15-16H,7,11H2,2-5H3/t15-,16-/m1/s1. The van der Waals surface area contributed by atoms with Crippen LogP contribution in [0.2, 0.25) is 0 Å². The maximum atomic E-state index is 12.2. The van der Waals surface area contributed by atoms with Crippen LogP contribution in [0.3, 0.4) is 0 Å². The van der Waals surface area contributed by atoms with Crippen molar-refractivity contribution >= 4 is 5.97 Å². The smallest absolute Gasteiger partial charge is 0.310 e. The van der Waals surface area contributed by atoms with Gasteiger partial charge in [-0.3, -0.25) is 4.79 Å². The van der Waals surface area contributed by atoms with Gasteiger partial charge in [-0.1, -0.05) is 31.4 Å². The predicted octanol–water partition coefficient (Wildman–Crippen LogP) is 3.74. The predicted molar refractivity (Wildman–Crippen MR) is 81.2 cm³/mol. The molecule has 1 aromatic rings. The molecule has 2 atom stereocenters. The lowest BCUT2D eigenvalue weighted by Gasteiger charge is -2.03. The van der Waals surface area contributed by atoms with E-state index in [9.17, 15) is 4.79 Å². The van der Waals surface area contributed by atoms with Crippen molar-refractivity contribution in [2.75, 3.05) is 0 Å². The molecule has 0 unspecified atom stereocenters. The Morgan fingerprint density at radius 3 is 2.71 bits per heavy atom. The number of rotatable bonds is 5. The molecule has 1 heterocycles. The molecular weight excluding hydrogens is 264 g/mol. The van der Waals surface area contributed by atoms with Crippen LogP contribution in [0.15, 0.2) is 28.2 Å². The first kappa shape index (κ1) is 15.4. The number of terminal acetylenes is 1. The van der Waals surface area contributed by atoms with Crippen molar-refractivity contribution in [1.82, 2.24) is 0 Å². The Kier molecular flexibility index (Phi) is 4.27. The van der Waals surface area contributed by atoms with Crippen molar-refractivity contribution in [3.8, 4) is 12.3 Å². The summed E-state index contributed by atoms with van der Waals surface area (Å²) < 4.78 is 10.9. The Hall–Kier alpha value is -1.95. The molecule has 1 aliphatic rings. The highest BCUT2D eigenvalue weighted by atomic mass is 16.5. The minimum absolute atomic E-state index is 0.0217. The van der Waals surface area contributed by atoms with E-state index in [1.54, 1.807) is 6.07 Å². The van der Waals surface area contributed by atoms with Crippen LogP contribution in [0.4, 0.5) is 0 Å². The lowest BCUT2D eigenvalue weighted by atomic mass is 10.1. The van der Waals surface area contributed by atoms with Crippen molar-refractivity contribution < 1.29 is 13.9 Å². The van der Waals surface area contributed by atoms with E-state index in [4.69, 9.17) is 15.6 Å². The van der Waals surface area contributed by atoms with Gasteiger partial charge in [0.1, 0.15) is 18.1 Å². The lowest BCUT2D eigenvalue weighted by Crippen LogP contribution is -2.10. The van der Waals surface area contributed by atoms with Gasteiger partial charge in [-0.2, -0.15) is 0 Å². The third kappa shape index (κ3) is 3.39. The number of esters is 1.